The van der Waals surface area contributed by atoms with Crippen LogP contribution in [0.5, 0.6) is 0 Å². The maximum atomic E-state index is 11.7. The standard InChI is InChI=1S/C17H21N3O4/c21-16(12-22-11-14-7-4-8-23-14)18-10-17-19-15(20-24-17)9-13-5-2-1-3-6-13/h1-3,5-6,14H,4,7-12H2,(H,18,21). The lowest BCUT2D eigenvalue weighted by Gasteiger charge is -2.09. The van der Waals surface area contributed by atoms with Crippen LogP contribution in [-0.4, -0.2) is 42.0 Å². The van der Waals surface area contributed by atoms with Gasteiger partial charge in [0.15, 0.2) is 5.82 Å². The summed E-state index contributed by atoms with van der Waals surface area (Å²) in [4.78, 5) is 16.0. The number of amides is 1. The van der Waals surface area contributed by atoms with E-state index < -0.39 is 0 Å². The van der Waals surface area contributed by atoms with Crippen molar-refractivity contribution in [1.29, 1.82) is 0 Å². The van der Waals surface area contributed by atoms with Crippen LogP contribution in [0.25, 0.3) is 0 Å². The average molecular weight is 331 g/mol. The summed E-state index contributed by atoms with van der Waals surface area (Å²) in [5.74, 6) is 0.768. The van der Waals surface area contributed by atoms with E-state index in [2.05, 4.69) is 15.5 Å². The van der Waals surface area contributed by atoms with Gasteiger partial charge < -0.3 is 19.3 Å². The van der Waals surface area contributed by atoms with Gasteiger partial charge in [0, 0.05) is 13.0 Å². The minimum Gasteiger partial charge on any atom is -0.376 e. The maximum Gasteiger partial charge on any atom is 0.246 e. The number of carbonyl (C=O) groups excluding carboxylic acids is 1. The average Bonchev–Trinajstić information content (AvgIpc) is 3.26. The Morgan fingerprint density at radius 3 is 3.00 bits per heavy atom. The van der Waals surface area contributed by atoms with Gasteiger partial charge >= 0.3 is 0 Å². The van der Waals surface area contributed by atoms with E-state index in [1.807, 2.05) is 30.3 Å². The summed E-state index contributed by atoms with van der Waals surface area (Å²) < 4.78 is 15.9. The van der Waals surface area contributed by atoms with Crippen LogP contribution in [0.15, 0.2) is 34.9 Å². The minimum atomic E-state index is -0.212. The van der Waals surface area contributed by atoms with Crippen molar-refractivity contribution in [2.45, 2.75) is 31.9 Å². The maximum absolute atomic E-state index is 11.7. The van der Waals surface area contributed by atoms with E-state index in [9.17, 15) is 4.79 Å². The Labute approximate surface area is 140 Å². The van der Waals surface area contributed by atoms with E-state index in [1.54, 1.807) is 0 Å². The molecule has 1 aliphatic rings. The fraction of sp³-hybridized carbons (Fsp3) is 0.471. The third-order valence-electron chi connectivity index (χ3n) is 3.71. The van der Waals surface area contributed by atoms with Gasteiger partial charge in [-0.15, -0.1) is 0 Å². The third kappa shape index (κ3) is 5.14. The van der Waals surface area contributed by atoms with E-state index >= 15 is 0 Å². The van der Waals surface area contributed by atoms with E-state index in [4.69, 9.17) is 14.0 Å². The topological polar surface area (TPSA) is 86.5 Å². The first-order valence-electron chi connectivity index (χ1n) is 8.11. The number of rotatable bonds is 8. The molecule has 1 fully saturated rings. The first-order valence-corrected chi connectivity index (χ1v) is 8.11. The van der Waals surface area contributed by atoms with Crippen molar-refractivity contribution in [3.8, 4) is 0 Å². The van der Waals surface area contributed by atoms with Gasteiger partial charge in [-0.25, -0.2) is 0 Å². The zero-order valence-corrected chi connectivity index (χ0v) is 13.4. The van der Waals surface area contributed by atoms with Crippen molar-refractivity contribution < 1.29 is 18.8 Å². The molecule has 0 spiro atoms. The molecule has 1 saturated heterocycles. The van der Waals surface area contributed by atoms with Crippen molar-refractivity contribution in [3.05, 3.63) is 47.6 Å². The highest BCUT2D eigenvalue weighted by atomic mass is 16.5. The number of nitrogens with zero attached hydrogens (tertiary/aromatic N) is 2. The van der Waals surface area contributed by atoms with E-state index in [0.717, 1.165) is 25.0 Å². The molecule has 24 heavy (non-hydrogen) atoms. The molecule has 0 bridgehead atoms. The molecule has 0 radical (unpaired) electrons. The zero-order valence-electron chi connectivity index (χ0n) is 13.4. The Bertz CT molecular complexity index is 638. The van der Waals surface area contributed by atoms with Crippen molar-refractivity contribution in [2.24, 2.45) is 0 Å². The summed E-state index contributed by atoms with van der Waals surface area (Å²) in [6, 6.07) is 9.90. The Balaban J connectivity index is 1.36. The van der Waals surface area contributed by atoms with Gasteiger partial charge in [0.2, 0.25) is 11.8 Å². The lowest BCUT2D eigenvalue weighted by molar-refractivity contribution is -0.127. The van der Waals surface area contributed by atoms with Gasteiger partial charge in [0.05, 0.1) is 19.3 Å². The Hall–Kier alpha value is -2.25. The molecule has 128 valence electrons. The van der Waals surface area contributed by atoms with Crippen LogP contribution in [0.1, 0.15) is 30.1 Å². The molecule has 2 heterocycles. The van der Waals surface area contributed by atoms with E-state index in [-0.39, 0.29) is 25.2 Å². The fourth-order valence-electron chi connectivity index (χ4n) is 2.50. The summed E-state index contributed by atoms with van der Waals surface area (Å²) in [6.07, 6.45) is 2.77. The van der Waals surface area contributed by atoms with Gasteiger partial charge in [0.25, 0.3) is 0 Å². The summed E-state index contributed by atoms with van der Waals surface area (Å²) in [5, 5.41) is 6.62. The summed E-state index contributed by atoms with van der Waals surface area (Å²) >= 11 is 0. The molecule has 1 aliphatic heterocycles. The van der Waals surface area contributed by atoms with Gasteiger partial charge in [-0.1, -0.05) is 35.5 Å². The van der Waals surface area contributed by atoms with Crippen LogP contribution in [0, 0.1) is 0 Å². The molecule has 0 aliphatic carbocycles. The second-order valence-corrected chi connectivity index (χ2v) is 5.69. The van der Waals surface area contributed by atoms with Gasteiger partial charge in [0.1, 0.15) is 6.61 Å². The predicted molar refractivity (Wildman–Crippen MR) is 85.2 cm³/mol. The predicted octanol–water partition coefficient (Wildman–Crippen LogP) is 1.47. The molecule has 1 amide bonds. The van der Waals surface area contributed by atoms with Crippen LogP contribution in [0.2, 0.25) is 0 Å². The molecule has 2 aromatic rings. The monoisotopic (exact) mass is 331 g/mol. The van der Waals surface area contributed by atoms with Crippen LogP contribution in [0.3, 0.4) is 0 Å². The van der Waals surface area contributed by atoms with Crippen LogP contribution in [0.4, 0.5) is 0 Å². The zero-order chi connectivity index (χ0) is 16.6. The molecule has 3 rings (SSSR count). The first-order chi connectivity index (χ1) is 11.8. The molecular formula is C17H21N3O4. The molecule has 7 heteroatoms. The molecular weight excluding hydrogens is 310 g/mol. The molecule has 0 saturated carbocycles. The Kier molecular flexibility index (Phi) is 5.92. The van der Waals surface area contributed by atoms with Crippen LogP contribution < -0.4 is 5.32 Å². The highest BCUT2D eigenvalue weighted by Gasteiger charge is 2.16. The fourth-order valence-corrected chi connectivity index (χ4v) is 2.50. The number of ether oxygens (including phenoxy) is 2. The molecule has 1 N–H and O–H groups in total. The molecule has 1 atom stereocenters. The quantitative estimate of drug-likeness (QED) is 0.788. The van der Waals surface area contributed by atoms with Crippen molar-refractivity contribution >= 4 is 5.91 Å². The second kappa shape index (κ2) is 8.56. The largest absolute Gasteiger partial charge is 0.376 e. The van der Waals surface area contributed by atoms with Crippen LogP contribution >= 0.6 is 0 Å². The normalized spacial score (nSPS) is 17.1. The minimum absolute atomic E-state index is 0.00483. The Morgan fingerprint density at radius 2 is 2.21 bits per heavy atom. The third-order valence-corrected chi connectivity index (χ3v) is 3.71. The van der Waals surface area contributed by atoms with Crippen molar-refractivity contribution in [2.75, 3.05) is 19.8 Å². The number of carbonyl (C=O) groups is 1. The molecule has 1 aromatic carbocycles. The number of hydrogen-bond donors (Lipinski definition) is 1. The lowest BCUT2D eigenvalue weighted by atomic mass is 10.1. The van der Waals surface area contributed by atoms with Gasteiger partial charge in [-0.3, -0.25) is 4.79 Å². The lowest BCUT2D eigenvalue weighted by Crippen LogP contribution is -2.28. The molecule has 1 unspecified atom stereocenters. The van der Waals surface area contributed by atoms with Gasteiger partial charge in [-0.2, -0.15) is 4.98 Å². The SMILES string of the molecule is O=C(COCC1CCCO1)NCc1nc(Cc2ccccc2)no1. The van der Waals surface area contributed by atoms with Crippen molar-refractivity contribution in [3.63, 3.8) is 0 Å². The number of aromatic nitrogens is 2. The Morgan fingerprint density at radius 1 is 1.33 bits per heavy atom. The second-order valence-electron chi connectivity index (χ2n) is 5.69. The van der Waals surface area contributed by atoms with Crippen LogP contribution in [-0.2, 0) is 27.2 Å². The first kappa shape index (κ1) is 16.6. The number of hydrogen-bond acceptors (Lipinski definition) is 6. The van der Waals surface area contributed by atoms with Crippen molar-refractivity contribution in [1.82, 2.24) is 15.5 Å². The number of nitrogens with one attached hydrogen (secondary N) is 1. The molecule has 1 aromatic heterocycles. The number of benzene rings is 1. The summed E-state index contributed by atoms with van der Waals surface area (Å²) in [5.41, 5.74) is 1.11. The smallest absolute Gasteiger partial charge is 0.246 e. The van der Waals surface area contributed by atoms with E-state index in [1.165, 1.54) is 0 Å². The molecule has 7 nitrogen and oxygen atoms in total. The van der Waals surface area contributed by atoms with Gasteiger partial charge in [-0.05, 0) is 18.4 Å². The summed E-state index contributed by atoms with van der Waals surface area (Å²) in [6.45, 7) is 1.44. The highest BCUT2D eigenvalue weighted by molar-refractivity contribution is 5.77. The highest BCUT2D eigenvalue weighted by Crippen LogP contribution is 2.11. The summed E-state index contributed by atoms with van der Waals surface area (Å²) in [7, 11) is 0. The van der Waals surface area contributed by atoms with E-state index in [0.29, 0.717) is 24.7 Å².